The second-order valence-corrected chi connectivity index (χ2v) is 8.00. The van der Waals surface area contributed by atoms with Crippen LogP contribution >= 0.6 is 0 Å². The fourth-order valence-corrected chi connectivity index (χ4v) is 4.34. The molecule has 0 unspecified atom stereocenters. The van der Waals surface area contributed by atoms with Gasteiger partial charge in [0.1, 0.15) is 11.6 Å². The third kappa shape index (κ3) is 3.87. The molecule has 1 N–H and O–H groups in total. The third-order valence-electron chi connectivity index (χ3n) is 6.10. The van der Waals surface area contributed by atoms with Gasteiger partial charge in [0.25, 0.3) is 5.91 Å². The van der Waals surface area contributed by atoms with Crippen molar-refractivity contribution in [2.75, 3.05) is 38.1 Å². The lowest BCUT2D eigenvalue weighted by Crippen LogP contribution is -2.33. The number of carbonyl (C=O) groups excluding carboxylic acids is 1. The number of benzene rings is 3. The molecule has 8 nitrogen and oxygen atoms in total. The molecular weight excluding hydrogens is 432 g/mol. The van der Waals surface area contributed by atoms with Gasteiger partial charge in [0.2, 0.25) is 0 Å². The van der Waals surface area contributed by atoms with Gasteiger partial charge >= 0.3 is 0 Å². The average molecular weight is 459 g/mol. The molecule has 0 radical (unpaired) electrons. The van der Waals surface area contributed by atoms with E-state index in [4.69, 9.17) is 19.2 Å². The molecule has 3 aromatic carbocycles. The van der Waals surface area contributed by atoms with E-state index >= 15 is 0 Å². The van der Waals surface area contributed by atoms with Crippen LogP contribution in [0, 0.1) is 0 Å². The maximum absolute atomic E-state index is 12.9. The number of hydrogen-bond acceptors (Lipinski definition) is 6. The van der Waals surface area contributed by atoms with Crippen LogP contribution in [0.5, 0.6) is 17.2 Å². The van der Waals surface area contributed by atoms with Gasteiger partial charge in [0.05, 0.1) is 44.6 Å². The molecule has 0 fully saturated rings. The zero-order valence-electron chi connectivity index (χ0n) is 19.4. The van der Waals surface area contributed by atoms with Crippen molar-refractivity contribution in [1.29, 1.82) is 0 Å². The third-order valence-corrected chi connectivity index (χ3v) is 6.10. The second kappa shape index (κ2) is 8.97. The minimum absolute atomic E-state index is 0.265. The molecule has 5 rings (SSSR count). The number of methoxy groups -OCH3 is 3. The minimum atomic E-state index is -0.265. The first-order chi connectivity index (χ1) is 16.6. The lowest BCUT2D eigenvalue weighted by molar-refractivity contribution is 0.102. The van der Waals surface area contributed by atoms with Crippen molar-refractivity contribution < 1.29 is 19.0 Å². The molecule has 1 aliphatic heterocycles. The van der Waals surface area contributed by atoms with E-state index in [2.05, 4.69) is 20.9 Å². The van der Waals surface area contributed by atoms with Gasteiger partial charge in [-0.25, -0.2) is 4.98 Å². The van der Waals surface area contributed by atoms with Gasteiger partial charge in [-0.15, -0.1) is 0 Å². The average Bonchev–Trinajstić information content (AvgIpc) is 3.26. The number of nitrogens with zero attached hydrogens (tertiary/aromatic N) is 3. The normalized spacial score (nSPS) is 12.9. The summed E-state index contributed by atoms with van der Waals surface area (Å²) in [6.45, 7) is 2.42. The number of amides is 1. The topological polar surface area (TPSA) is 77.9 Å². The van der Waals surface area contributed by atoms with Crippen LogP contribution in [0.2, 0.25) is 0 Å². The zero-order chi connectivity index (χ0) is 23.7. The number of para-hydroxylation sites is 2. The molecule has 0 spiro atoms. The van der Waals surface area contributed by atoms with Crippen molar-refractivity contribution in [3.8, 4) is 17.2 Å². The highest BCUT2D eigenvalue weighted by Crippen LogP contribution is 2.33. The smallest absolute Gasteiger partial charge is 0.255 e. The first-order valence-electron chi connectivity index (χ1n) is 11.0. The number of imidazole rings is 1. The second-order valence-electron chi connectivity index (χ2n) is 8.00. The summed E-state index contributed by atoms with van der Waals surface area (Å²) in [6.07, 6.45) is 0. The molecule has 1 amide bonds. The fourth-order valence-electron chi connectivity index (χ4n) is 4.34. The number of hydrogen-bond donors (Lipinski definition) is 1. The van der Waals surface area contributed by atoms with E-state index in [1.54, 1.807) is 32.4 Å². The summed E-state index contributed by atoms with van der Waals surface area (Å²) in [5.41, 5.74) is 4.25. The Morgan fingerprint density at radius 3 is 2.47 bits per heavy atom. The molecule has 1 aliphatic rings. The molecule has 2 heterocycles. The Bertz CT molecular complexity index is 1360. The number of carbonyl (C=O) groups is 1. The lowest BCUT2D eigenvalue weighted by atomic mass is 10.1. The van der Waals surface area contributed by atoms with Crippen LogP contribution < -0.4 is 24.4 Å². The number of aromatic nitrogens is 2. The largest absolute Gasteiger partial charge is 0.494 e. The van der Waals surface area contributed by atoms with Gasteiger partial charge in [-0.2, -0.15) is 0 Å². The molecule has 1 aromatic heterocycles. The van der Waals surface area contributed by atoms with Crippen LogP contribution in [-0.2, 0) is 13.1 Å². The Morgan fingerprint density at radius 2 is 1.68 bits per heavy atom. The Kier molecular flexibility index (Phi) is 5.71. The summed E-state index contributed by atoms with van der Waals surface area (Å²) in [6, 6.07) is 19.1. The molecular formula is C26H26N4O4. The molecule has 0 bridgehead atoms. The van der Waals surface area contributed by atoms with Crippen LogP contribution in [0.15, 0.2) is 60.7 Å². The van der Waals surface area contributed by atoms with Crippen molar-refractivity contribution in [2.45, 2.75) is 13.1 Å². The van der Waals surface area contributed by atoms with E-state index < -0.39 is 0 Å². The summed E-state index contributed by atoms with van der Waals surface area (Å²) in [4.78, 5) is 19.9. The van der Waals surface area contributed by atoms with Gasteiger partial charge in [-0.3, -0.25) is 4.79 Å². The van der Waals surface area contributed by atoms with Gasteiger partial charge in [0, 0.05) is 30.4 Å². The number of anilines is 2. The number of nitrogens with one attached hydrogen (secondary N) is 1. The lowest BCUT2D eigenvalue weighted by Gasteiger charge is -2.30. The summed E-state index contributed by atoms with van der Waals surface area (Å²) < 4.78 is 18.4. The first kappa shape index (κ1) is 21.6. The van der Waals surface area contributed by atoms with E-state index in [1.165, 1.54) is 12.6 Å². The van der Waals surface area contributed by atoms with Crippen molar-refractivity contribution >= 4 is 28.3 Å². The van der Waals surface area contributed by atoms with Crippen molar-refractivity contribution in [1.82, 2.24) is 9.55 Å². The van der Waals surface area contributed by atoms with E-state index in [0.29, 0.717) is 35.0 Å². The van der Waals surface area contributed by atoms with Crippen LogP contribution in [-0.4, -0.2) is 43.3 Å². The summed E-state index contributed by atoms with van der Waals surface area (Å²) in [7, 11) is 4.69. The maximum Gasteiger partial charge on any atom is 0.255 e. The molecule has 4 aromatic rings. The summed E-state index contributed by atoms with van der Waals surface area (Å²) in [5.74, 6) is 2.42. The van der Waals surface area contributed by atoms with Gasteiger partial charge in [0.15, 0.2) is 11.5 Å². The molecule has 174 valence electrons. The van der Waals surface area contributed by atoms with Crippen LogP contribution in [0.3, 0.4) is 0 Å². The van der Waals surface area contributed by atoms with E-state index in [0.717, 1.165) is 30.1 Å². The van der Waals surface area contributed by atoms with E-state index in [9.17, 15) is 4.79 Å². The highest BCUT2D eigenvalue weighted by atomic mass is 16.5. The molecule has 0 atom stereocenters. The molecule has 0 saturated heterocycles. The molecule has 8 heteroatoms. The number of rotatable bonds is 6. The monoisotopic (exact) mass is 458 g/mol. The fraction of sp³-hybridized carbons (Fsp3) is 0.231. The van der Waals surface area contributed by atoms with Crippen LogP contribution in [0.25, 0.3) is 11.0 Å². The Morgan fingerprint density at radius 1 is 0.882 bits per heavy atom. The Labute approximate surface area is 197 Å². The number of fused-ring (bicyclic) bond motifs is 3. The van der Waals surface area contributed by atoms with Crippen LogP contribution in [0.1, 0.15) is 16.2 Å². The van der Waals surface area contributed by atoms with Crippen molar-refractivity contribution in [2.24, 2.45) is 0 Å². The molecule has 0 aliphatic carbocycles. The highest BCUT2D eigenvalue weighted by Gasteiger charge is 2.21. The van der Waals surface area contributed by atoms with Gasteiger partial charge < -0.3 is 29.0 Å². The summed E-state index contributed by atoms with van der Waals surface area (Å²) >= 11 is 0. The molecule has 34 heavy (non-hydrogen) atoms. The van der Waals surface area contributed by atoms with E-state index in [1.807, 2.05) is 36.4 Å². The predicted molar refractivity (Wildman–Crippen MR) is 131 cm³/mol. The quantitative estimate of drug-likeness (QED) is 0.463. The Hall–Kier alpha value is -4.20. The zero-order valence-corrected chi connectivity index (χ0v) is 19.4. The standard InChI is InChI=1S/C26H26N4O4/c1-32-22-11-8-17(14-24(22)34-3)26(31)28-20-10-9-18(15-23(20)33-2)29-12-13-30-21-7-5-4-6-19(21)27-25(30)16-29/h4-11,14-15H,12-13,16H2,1-3H3,(H,28,31). The van der Waals surface area contributed by atoms with Crippen molar-refractivity contribution in [3.05, 3.63) is 72.1 Å². The first-order valence-corrected chi connectivity index (χ1v) is 11.0. The predicted octanol–water partition coefficient (Wildman–Crippen LogP) is 4.33. The van der Waals surface area contributed by atoms with Crippen molar-refractivity contribution in [3.63, 3.8) is 0 Å². The minimum Gasteiger partial charge on any atom is -0.494 e. The summed E-state index contributed by atoms with van der Waals surface area (Å²) in [5, 5.41) is 2.93. The van der Waals surface area contributed by atoms with Crippen LogP contribution in [0.4, 0.5) is 11.4 Å². The maximum atomic E-state index is 12.9. The highest BCUT2D eigenvalue weighted by molar-refractivity contribution is 6.05. The van der Waals surface area contributed by atoms with Gasteiger partial charge in [-0.05, 0) is 42.5 Å². The SMILES string of the molecule is COc1cc(N2CCn3c(nc4ccccc43)C2)ccc1NC(=O)c1ccc(OC)c(OC)c1. The molecule has 0 saturated carbocycles. The van der Waals surface area contributed by atoms with E-state index in [-0.39, 0.29) is 5.91 Å². The number of ether oxygens (including phenoxy) is 3. The van der Waals surface area contributed by atoms with Gasteiger partial charge in [-0.1, -0.05) is 12.1 Å². The Balaban J connectivity index is 1.36.